The Morgan fingerprint density at radius 2 is 2.44 bits per heavy atom. The van der Waals surface area contributed by atoms with Gasteiger partial charge in [0.2, 0.25) is 0 Å². The topological polar surface area (TPSA) is 50.1 Å². The van der Waals surface area contributed by atoms with Gasteiger partial charge in [-0.15, -0.1) is 0 Å². The van der Waals surface area contributed by atoms with E-state index in [9.17, 15) is 4.79 Å². The number of nitrogens with zero attached hydrogens (tertiary/aromatic N) is 1. The number of hydrogen-bond acceptors (Lipinski definition) is 3. The Bertz CT molecular complexity index is 129. The van der Waals surface area contributed by atoms with Crippen molar-refractivity contribution in [1.29, 1.82) is 5.26 Å². The van der Waals surface area contributed by atoms with Crippen LogP contribution in [0.4, 0.5) is 0 Å². The largest absolute Gasteiger partial charge is 0.348 e. The Kier molecular flexibility index (Phi) is 4.94. The number of carbonyl (C=O) groups is 1. The van der Waals surface area contributed by atoms with Crippen molar-refractivity contribution >= 4 is 17.8 Å². The second-order valence-electron chi connectivity index (χ2n) is 1.46. The Labute approximate surface area is 58.3 Å². The maximum Gasteiger partial charge on any atom is 0.324 e. The first kappa shape index (κ1) is 8.25. The smallest absolute Gasteiger partial charge is 0.324 e. The molecule has 0 unspecified atom stereocenters. The summed E-state index contributed by atoms with van der Waals surface area (Å²) < 4.78 is 3.82. The molecular weight excluding hydrogens is 142 g/mol. The van der Waals surface area contributed by atoms with E-state index in [4.69, 9.17) is 17.1 Å². The van der Waals surface area contributed by atoms with Crippen LogP contribution in [0.5, 0.6) is 0 Å². The molecule has 0 amide bonds. The SMILES string of the molecule is N#CCCCC(=O)OCl. The predicted octanol–water partition coefficient (Wildman–Crippen LogP) is 1.38. The van der Waals surface area contributed by atoms with Crippen molar-refractivity contribution in [3.8, 4) is 6.07 Å². The molecule has 4 heteroatoms. The van der Waals surface area contributed by atoms with Gasteiger partial charge in [-0.25, -0.2) is 0 Å². The van der Waals surface area contributed by atoms with Gasteiger partial charge in [-0.1, -0.05) is 0 Å². The van der Waals surface area contributed by atoms with Crippen LogP contribution in [-0.4, -0.2) is 5.97 Å². The third-order valence-corrected chi connectivity index (χ3v) is 0.928. The van der Waals surface area contributed by atoms with Gasteiger partial charge >= 0.3 is 5.97 Å². The maximum atomic E-state index is 10.2. The van der Waals surface area contributed by atoms with Gasteiger partial charge in [0.05, 0.1) is 6.07 Å². The molecule has 0 aliphatic heterocycles. The molecule has 0 radical (unpaired) electrons. The van der Waals surface area contributed by atoms with Crippen LogP contribution in [0, 0.1) is 11.3 Å². The highest BCUT2D eigenvalue weighted by Gasteiger charge is 1.98. The van der Waals surface area contributed by atoms with Crippen LogP contribution >= 0.6 is 11.9 Å². The summed E-state index contributed by atoms with van der Waals surface area (Å²) in [5, 5.41) is 8.02. The molecule has 3 nitrogen and oxygen atoms in total. The summed E-state index contributed by atoms with van der Waals surface area (Å²) in [6.07, 6.45) is 1.10. The summed E-state index contributed by atoms with van der Waals surface area (Å²) in [5.74, 6) is -0.480. The molecular formula is C5H6ClNO2. The van der Waals surface area contributed by atoms with E-state index >= 15 is 0 Å². The highest BCUT2D eigenvalue weighted by atomic mass is 35.5. The first-order chi connectivity index (χ1) is 4.31. The van der Waals surface area contributed by atoms with E-state index in [1.165, 1.54) is 0 Å². The van der Waals surface area contributed by atoms with Crippen LogP contribution in [0.1, 0.15) is 19.3 Å². The fourth-order valence-corrected chi connectivity index (χ4v) is 0.428. The number of hydrogen-bond donors (Lipinski definition) is 0. The maximum absolute atomic E-state index is 10.2. The van der Waals surface area contributed by atoms with Crippen molar-refractivity contribution in [2.75, 3.05) is 0 Å². The second-order valence-corrected chi connectivity index (χ2v) is 1.62. The Balaban J connectivity index is 3.09. The van der Waals surface area contributed by atoms with Crippen LogP contribution in [0.2, 0.25) is 0 Å². The first-order valence-electron chi connectivity index (χ1n) is 2.49. The molecule has 0 spiro atoms. The number of unbranched alkanes of at least 4 members (excludes halogenated alkanes) is 1. The van der Waals surface area contributed by atoms with Gasteiger partial charge in [-0.2, -0.15) is 5.26 Å². The predicted molar refractivity (Wildman–Crippen MR) is 31.4 cm³/mol. The number of halogens is 1. The van der Waals surface area contributed by atoms with Gasteiger partial charge in [0, 0.05) is 12.8 Å². The van der Waals surface area contributed by atoms with Crippen molar-refractivity contribution in [3.05, 3.63) is 0 Å². The molecule has 0 aliphatic rings. The standard InChI is InChI=1S/C5H6ClNO2/c6-9-5(8)3-1-2-4-7/h1-3H2. The van der Waals surface area contributed by atoms with Gasteiger partial charge in [0.15, 0.2) is 0 Å². The van der Waals surface area contributed by atoms with Crippen LogP contribution in [0.15, 0.2) is 0 Å². The number of nitriles is 1. The summed E-state index contributed by atoms with van der Waals surface area (Å²) in [6, 6.07) is 1.90. The van der Waals surface area contributed by atoms with Crippen molar-refractivity contribution in [1.82, 2.24) is 0 Å². The monoisotopic (exact) mass is 147 g/mol. The lowest BCUT2D eigenvalue weighted by Crippen LogP contribution is -1.94. The molecule has 0 bridgehead atoms. The molecule has 0 N–H and O–H groups in total. The van der Waals surface area contributed by atoms with E-state index in [0.717, 1.165) is 0 Å². The minimum Gasteiger partial charge on any atom is -0.348 e. The van der Waals surface area contributed by atoms with E-state index < -0.39 is 5.97 Å². The summed E-state index contributed by atoms with van der Waals surface area (Å²) in [6.45, 7) is 0. The lowest BCUT2D eigenvalue weighted by molar-refractivity contribution is -0.134. The molecule has 0 saturated carbocycles. The molecule has 0 rings (SSSR count). The fraction of sp³-hybridized carbons (Fsp3) is 0.600. The van der Waals surface area contributed by atoms with Gasteiger partial charge in [0.25, 0.3) is 0 Å². The highest BCUT2D eigenvalue weighted by Crippen LogP contribution is 1.96. The van der Waals surface area contributed by atoms with Crippen molar-refractivity contribution in [3.63, 3.8) is 0 Å². The zero-order valence-corrected chi connectivity index (χ0v) is 5.52. The highest BCUT2D eigenvalue weighted by molar-refractivity contribution is 6.13. The van der Waals surface area contributed by atoms with Gasteiger partial charge in [0.1, 0.15) is 11.9 Å². The minimum atomic E-state index is -0.480. The molecule has 0 aromatic carbocycles. The summed E-state index contributed by atoms with van der Waals surface area (Å²) in [4.78, 5) is 10.2. The Morgan fingerprint density at radius 1 is 1.78 bits per heavy atom. The lowest BCUT2D eigenvalue weighted by atomic mass is 10.2. The van der Waals surface area contributed by atoms with Crippen LogP contribution in [0.3, 0.4) is 0 Å². The van der Waals surface area contributed by atoms with Gasteiger partial charge < -0.3 is 4.29 Å². The molecule has 50 valence electrons. The van der Waals surface area contributed by atoms with E-state index in [1.807, 2.05) is 6.07 Å². The average Bonchev–Trinajstić information content (AvgIpc) is 1.89. The Morgan fingerprint density at radius 3 is 2.89 bits per heavy atom. The molecule has 0 aromatic rings. The minimum absolute atomic E-state index is 0.219. The Hall–Kier alpha value is -0.750. The van der Waals surface area contributed by atoms with E-state index in [1.54, 1.807) is 0 Å². The van der Waals surface area contributed by atoms with Crippen molar-refractivity contribution < 1.29 is 9.08 Å². The van der Waals surface area contributed by atoms with E-state index in [0.29, 0.717) is 12.8 Å². The van der Waals surface area contributed by atoms with Gasteiger partial charge in [-0.3, -0.25) is 4.79 Å². The number of carbonyl (C=O) groups excluding carboxylic acids is 1. The van der Waals surface area contributed by atoms with Crippen LogP contribution < -0.4 is 0 Å². The van der Waals surface area contributed by atoms with E-state index in [2.05, 4.69) is 4.29 Å². The summed E-state index contributed by atoms with van der Waals surface area (Å²) >= 11 is 4.70. The van der Waals surface area contributed by atoms with E-state index in [-0.39, 0.29) is 6.42 Å². The van der Waals surface area contributed by atoms with Crippen molar-refractivity contribution in [2.45, 2.75) is 19.3 Å². The normalized spacial score (nSPS) is 8.00. The molecule has 9 heavy (non-hydrogen) atoms. The number of rotatable bonds is 3. The average molecular weight is 148 g/mol. The third kappa shape index (κ3) is 5.12. The lowest BCUT2D eigenvalue weighted by Gasteiger charge is -1.89. The molecule has 0 atom stereocenters. The summed E-state index contributed by atoms with van der Waals surface area (Å²) in [7, 11) is 0. The van der Waals surface area contributed by atoms with Crippen molar-refractivity contribution in [2.24, 2.45) is 0 Å². The summed E-state index contributed by atoms with van der Waals surface area (Å²) in [5.41, 5.74) is 0. The molecule has 0 fully saturated rings. The fourth-order valence-electron chi connectivity index (χ4n) is 0.350. The zero-order valence-electron chi connectivity index (χ0n) is 4.76. The molecule has 0 aromatic heterocycles. The first-order valence-corrected chi connectivity index (χ1v) is 2.80. The third-order valence-electron chi connectivity index (χ3n) is 0.756. The molecule has 0 aliphatic carbocycles. The molecule has 0 heterocycles. The quantitative estimate of drug-likeness (QED) is 0.567. The second kappa shape index (κ2) is 5.39. The zero-order chi connectivity index (χ0) is 7.11. The molecule has 0 saturated heterocycles. The van der Waals surface area contributed by atoms with Crippen LogP contribution in [0.25, 0.3) is 0 Å². The van der Waals surface area contributed by atoms with Crippen LogP contribution in [-0.2, 0) is 9.08 Å². The van der Waals surface area contributed by atoms with Gasteiger partial charge in [-0.05, 0) is 6.42 Å².